The van der Waals surface area contributed by atoms with Crippen molar-refractivity contribution in [2.45, 2.75) is 71.3 Å². The SMILES string of the molecule is COc1c2c(c(O)c3c(O)c4cc(O)c(C)c(O)c4c(O)c13)C1=C(CC2)C(C)=C(N=NC(=S)NC2CCCCCC2)C(C(=O)O)C1=O. The highest BCUT2D eigenvalue weighted by Crippen LogP contribution is 2.58. The zero-order valence-electron chi connectivity index (χ0n) is 26.1. The third-order valence-electron chi connectivity index (χ3n) is 9.70. The number of ether oxygens (including phenoxy) is 1. The normalized spacial score (nSPS) is 18.9. The second-order valence-electron chi connectivity index (χ2n) is 12.3. The van der Waals surface area contributed by atoms with Crippen molar-refractivity contribution in [3.05, 3.63) is 39.6 Å². The number of benzene rings is 3. The molecule has 1 unspecified atom stereocenters. The number of carbonyl (C=O) groups is 2. The number of azo groups is 1. The molecule has 7 N–H and O–H groups in total. The predicted octanol–water partition coefficient (Wildman–Crippen LogP) is 6.14. The number of phenolic OH excluding ortho intramolecular Hbond substituents is 5. The van der Waals surface area contributed by atoms with Crippen molar-refractivity contribution in [3.63, 3.8) is 0 Å². The molecule has 0 amide bonds. The van der Waals surface area contributed by atoms with Gasteiger partial charge in [0.25, 0.3) is 0 Å². The number of Topliss-reactive ketones (excluding diaryl/α,β-unsaturated/α-hetero) is 1. The van der Waals surface area contributed by atoms with Gasteiger partial charge in [-0.15, -0.1) is 5.11 Å². The summed E-state index contributed by atoms with van der Waals surface area (Å²) in [6, 6.07) is 1.28. The number of carboxylic acid groups (broad SMARTS) is 1. The van der Waals surface area contributed by atoms with Crippen LogP contribution in [-0.2, 0) is 16.0 Å². The molecule has 1 saturated carbocycles. The van der Waals surface area contributed by atoms with Crippen molar-refractivity contribution in [1.29, 1.82) is 0 Å². The Hall–Kier alpha value is -4.91. The van der Waals surface area contributed by atoms with E-state index in [-0.39, 0.29) is 79.4 Å². The quantitative estimate of drug-likeness (QED) is 0.0422. The van der Waals surface area contributed by atoms with E-state index in [2.05, 4.69) is 15.5 Å². The highest BCUT2D eigenvalue weighted by molar-refractivity contribution is 7.80. The Morgan fingerprint density at radius 2 is 1.62 bits per heavy atom. The summed E-state index contributed by atoms with van der Waals surface area (Å²) < 4.78 is 5.70. The van der Waals surface area contributed by atoms with Gasteiger partial charge in [-0.1, -0.05) is 25.7 Å². The third kappa shape index (κ3) is 5.00. The molecule has 3 aliphatic rings. The van der Waals surface area contributed by atoms with Gasteiger partial charge in [-0.3, -0.25) is 9.59 Å². The molecule has 6 rings (SSSR count). The minimum atomic E-state index is -1.76. The molecule has 0 saturated heterocycles. The van der Waals surface area contributed by atoms with Crippen LogP contribution >= 0.6 is 12.2 Å². The minimum Gasteiger partial charge on any atom is -0.508 e. The summed E-state index contributed by atoms with van der Waals surface area (Å²) in [7, 11) is 1.32. The van der Waals surface area contributed by atoms with E-state index < -0.39 is 40.7 Å². The van der Waals surface area contributed by atoms with Crippen LogP contribution in [0.15, 0.2) is 33.1 Å². The lowest BCUT2D eigenvalue weighted by Crippen LogP contribution is -2.33. The molecule has 3 aliphatic carbocycles. The van der Waals surface area contributed by atoms with Crippen molar-refractivity contribution < 1.29 is 45.0 Å². The molecule has 12 nitrogen and oxygen atoms in total. The van der Waals surface area contributed by atoms with Crippen molar-refractivity contribution in [1.82, 2.24) is 5.32 Å². The van der Waals surface area contributed by atoms with Gasteiger partial charge >= 0.3 is 5.97 Å². The smallest absolute Gasteiger partial charge is 0.320 e. The minimum absolute atomic E-state index is 0.0286. The molecule has 246 valence electrons. The number of nitrogens with one attached hydrogen (secondary N) is 1. The average Bonchev–Trinajstić information content (AvgIpc) is 3.31. The van der Waals surface area contributed by atoms with Crippen molar-refractivity contribution in [2.75, 3.05) is 7.11 Å². The van der Waals surface area contributed by atoms with E-state index in [9.17, 15) is 40.2 Å². The number of hydrogen-bond acceptors (Lipinski definition) is 10. The van der Waals surface area contributed by atoms with Gasteiger partial charge in [0, 0.05) is 33.7 Å². The largest absolute Gasteiger partial charge is 0.508 e. The maximum atomic E-state index is 14.1. The number of hydrogen-bond donors (Lipinski definition) is 7. The van der Waals surface area contributed by atoms with Gasteiger partial charge in [-0.05, 0) is 69.0 Å². The van der Waals surface area contributed by atoms with Gasteiger partial charge in [-0.2, -0.15) is 5.11 Å². The molecule has 47 heavy (non-hydrogen) atoms. The number of thiocarbonyl (C=S) groups is 1. The number of nitrogens with zero attached hydrogens (tertiary/aromatic N) is 2. The van der Waals surface area contributed by atoms with Crippen LogP contribution in [0, 0.1) is 12.8 Å². The van der Waals surface area contributed by atoms with Gasteiger partial charge in [-0.25, -0.2) is 0 Å². The lowest BCUT2D eigenvalue weighted by atomic mass is 9.72. The lowest BCUT2D eigenvalue weighted by Gasteiger charge is -2.32. The Morgan fingerprint density at radius 1 is 0.936 bits per heavy atom. The molecule has 0 aliphatic heterocycles. The highest BCUT2D eigenvalue weighted by Gasteiger charge is 2.44. The Kier molecular flexibility index (Phi) is 8.20. The fourth-order valence-corrected chi connectivity index (χ4v) is 7.50. The van der Waals surface area contributed by atoms with Crippen molar-refractivity contribution >= 4 is 56.2 Å². The zero-order chi connectivity index (χ0) is 33.9. The monoisotopic (exact) mass is 661 g/mol. The Labute approximate surface area is 274 Å². The van der Waals surface area contributed by atoms with Gasteiger partial charge in [0.2, 0.25) is 5.11 Å². The molecule has 3 aromatic rings. The molecule has 1 fully saturated rings. The number of ketones is 1. The number of fused-ring (bicyclic) bond motifs is 4. The van der Waals surface area contributed by atoms with Crippen LogP contribution in [0.5, 0.6) is 34.5 Å². The van der Waals surface area contributed by atoms with E-state index in [1.165, 1.54) is 14.0 Å². The van der Waals surface area contributed by atoms with Gasteiger partial charge in [0.1, 0.15) is 34.5 Å². The molecule has 0 radical (unpaired) electrons. The maximum absolute atomic E-state index is 14.1. The van der Waals surface area contributed by atoms with E-state index in [1.54, 1.807) is 6.92 Å². The number of carboxylic acids is 1. The first kappa shape index (κ1) is 32.0. The molecule has 0 aromatic heterocycles. The third-order valence-corrected chi connectivity index (χ3v) is 9.90. The van der Waals surface area contributed by atoms with E-state index in [4.69, 9.17) is 17.0 Å². The zero-order valence-corrected chi connectivity index (χ0v) is 26.9. The first-order valence-corrected chi connectivity index (χ1v) is 15.9. The Bertz CT molecular complexity index is 2010. The number of aromatic hydroxyl groups is 5. The summed E-state index contributed by atoms with van der Waals surface area (Å²) in [5.41, 5.74) is 1.05. The lowest BCUT2D eigenvalue weighted by molar-refractivity contribution is -0.143. The number of methoxy groups -OCH3 is 1. The average molecular weight is 662 g/mol. The van der Waals surface area contributed by atoms with Crippen LogP contribution in [0.4, 0.5) is 0 Å². The molecular weight excluding hydrogens is 626 g/mol. The van der Waals surface area contributed by atoms with Crippen LogP contribution in [0.2, 0.25) is 0 Å². The van der Waals surface area contributed by atoms with Gasteiger partial charge < -0.3 is 40.7 Å². The molecule has 0 bridgehead atoms. The van der Waals surface area contributed by atoms with E-state index in [0.29, 0.717) is 16.7 Å². The summed E-state index contributed by atoms with van der Waals surface area (Å²) in [5.74, 6) is -6.60. The Balaban J connectivity index is 1.55. The number of rotatable bonds is 4. The fraction of sp³-hybridized carbons (Fsp3) is 0.382. The number of carbonyl (C=O) groups excluding carboxylic acids is 1. The highest BCUT2D eigenvalue weighted by atomic mass is 32.1. The summed E-state index contributed by atoms with van der Waals surface area (Å²) in [4.78, 5) is 26.8. The predicted molar refractivity (Wildman–Crippen MR) is 177 cm³/mol. The maximum Gasteiger partial charge on any atom is 0.320 e. The summed E-state index contributed by atoms with van der Waals surface area (Å²) in [6.45, 7) is 3.07. The van der Waals surface area contributed by atoms with Crippen molar-refractivity contribution in [2.24, 2.45) is 16.1 Å². The van der Waals surface area contributed by atoms with Crippen molar-refractivity contribution in [3.8, 4) is 34.5 Å². The standard InChI is InChI=1S/C34H35N3O9S/c1-13-16-10-11-17-21(20(16)30(42)25(33(44)45)26(13)36-37-34(47)35-15-8-6-4-5-7-9-15)29(41)23-24(32(17)46-3)31(43)22-18(28(23)40)12-19(38)14(2)27(22)39/h12,15,25,38-41,43H,4-11H2,1-3H3,(H,35,47)(H,44,45). The van der Waals surface area contributed by atoms with Crippen LogP contribution in [0.1, 0.15) is 68.6 Å². The molecule has 0 spiro atoms. The first-order chi connectivity index (χ1) is 22.4. The van der Waals surface area contributed by atoms with Crippen LogP contribution < -0.4 is 10.1 Å². The summed E-state index contributed by atoms with van der Waals surface area (Å²) in [5, 5.41) is 76.9. The first-order valence-electron chi connectivity index (χ1n) is 15.5. The van der Waals surface area contributed by atoms with Gasteiger partial charge in [0.15, 0.2) is 11.7 Å². The van der Waals surface area contributed by atoms with Gasteiger partial charge in [0.05, 0.1) is 29.0 Å². The Morgan fingerprint density at radius 3 is 2.26 bits per heavy atom. The van der Waals surface area contributed by atoms with E-state index >= 15 is 0 Å². The van der Waals surface area contributed by atoms with Crippen LogP contribution in [-0.4, -0.2) is 60.7 Å². The van der Waals surface area contributed by atoms with Crippen LogP contribution in [0.25, 0.3) is 27.1 Å². The fourth-order valence-electron chi connectivity index (χ4n) is 7.29. The number of allylic oxidation sites excluding steroid dienone is 3. The summed E-state index contributed by atoms with van der Waals surface area (Å²) >= 11 is 5.40. The van der Waals surface area contributed by atoms with Crippen LogP contribution in [0.3, 0.4) is 0 Å². The molecule has 3 aromatic carbocycles. The number of aliphatic carboxylic acids is 1. The molecule has 1 atom stereocenters. The summed E-state index contributed by atoms with van der Waals surface area (Å²) in [6.07, 6.45) is 6.77. The second-order valence-corrected chi connectivity index (χ2v) is 12.7. The topological polar surface area (TPSA) is 202 Å². The number of phenols is 5. The molecule has 0 heterocycles. The van der Waals surface area contributed by atoms with E-state index in [1.807, 2.05) is 0 Å². The molecular formula is C34H35N3O9S. The molecule has 13 heteroatoms. The van der Waals surface area contributed by atoms with E-state index in [0.717, 1.165) is 44.6 Å². The second kappa shape index (κ2) is 12.0.